The Kier molecular flexibility index (Phi) is 5.95. The molecule has 1 aromatic carbocycles. The van der Waals surface area contributed by atoms with Gasteiger partial charge in [0.05, 0.1) is 7.11 Å². The first-order valence-corrected chi connectivity index (χ1v) is 7.29. The highest BCUT2D eigenvalue weighted by Gasteiger charge is 2.20. The second-order valence-corrected chi connectivity index (χ2v) is 5.38. The van der Waals surface area contributed by atoms with Gasteiger partial charge in [0, 0.05) is 30.3 Å². The van der Waals surface area contributed by atoms with Crippen LogP contribution in [0, 0.1) is 5.92 Å². The lowest BCUT2D eigenvalue weighted by Crippen LogP contribution is -2.17. The molecule has 1 aliphatic rings. The van der Waals surface area contributed by atoms with Gasteiger partial charge in [-0.1, -0.05) is 17.7 Å². The van der Waals surface area contributed by atoms with Crippen molar-refractivity contribution >= 4 is 11.6 Å². The number of nitrogens with one attached hydrogen (secondary N) is 1. The van der Waals surface area contributed by atoms with Crippen molar-refractivity contribution in [3.8, 4) is 5.75 Å². The first kappa shape index (κ1) is 14.6. The molecule has 1 aliphatic carbocycles. The van der Waals surface area contributed by atoms with Gasteiger partial charge < -0.3 is 14.8 Å². The van der Waals surface area contributed by atoms with Gasteiger partial charge in [0.1, 0.15) is 5.75 Å². The van der Waals surface area contributed by atoms with Gasteiger partial charge >= 0.3 is 0 Å². The summed E-state index contributed by atoms with van der Waals surface area (Å²) in [6.45, 7) is 3.44. The van der Waals surface area contributed by atoms with E-state index in [2.05, 4.69) is 5.32 Å². The zero-order chi connectivity index (χ0) is 13.5. The molecule has 0 bridgehead atoms. The fourth-order valence-corrected chi connectivity index (χ4v) is 2.18. The van der Waals surface area contributed by atoms with Crippen molar-refractivity contribution in [1.82, 2.24) is 5.32 Å². The lowest BCUT2D eigenvalue weighted by atomic mass is 10.2. The summed E-state index contributed by atoms with van der Waals surface area (Å²) in [5.74, 6) is 1.69. The molecule has 0 aliphatic heterocycles. The molecule has 0 unspecified atom stereocenters. The molecule has 4 heteroatoms. The van der Waals surface area contributed by atoms with Crippen LogP contribution in [0.15, 0.2) is 18.2 Å². The van der Waals surface area contributed by atoms with Crippen LogP contribution in [0.1, 0.15) is 24.8 Å². The number of hydrogen-bond donors (Lipinski definition) is 1. The summed E-state index contributed by atoms with van der Waals surface area (Å²) in [6, 6.07) is 5.72. The van der Waals surface area contributed by atoms with E-state index in [4.69, 9.17) is 21.1 Å². The Bertz CT molecular complexity index is 394. The van der Waals surface area contributed by atoms with Crippen molar-refractivity contribution in [1.29, 1.82) is 0 Å². The van der Waals surface area contributed by atoms with Gasteiger partial charge in [-0.05, 0) is 43.9 Å². The van der Waals surface area contributed by atoms with Crippen LogP contribution in [0.3, 0.4) is 0 Å². The molecule has 1 fully saturated rings. The van der Waals surface area contributed by atoms with E-state index >= 15 is 0 Å². The summed E-state index contributed by atoms with van der Waals surface area (Å²) in [7, 11) is 1.67. The Morgan fingerprint density at radius 1 is 1.37 bits per heavy atom. The average Bonchev–Trinajstić information content (AvgIpc) is 3.23. The van der Waals surface area contributed by atoms with E-state index in [1.807, 2.05) is 18.2 Å². The Labute approximate surface area is 120 Å². The highest BCUT2D eigenvalue weighted by Crippen LogP contribution is 2.28. The Balaban J connectivity index is 1.61. The third-order valence-electron chi connectivity index (χ3n) is 3.29. The van der Waals surface area contributed by atoms with Gasteiger partial charge in [-0.15, -0.1) is 0 Å². The van der Waals surface area contributed by atoms with Crippen LogP contribution in [0.4, 0.5) is 0 Å². The number of ether oxygens (including phenoxy) is 2. The van der Waals surface area contributed by atoms with Crippen LogP contribution in [-0.2, 0) is 11.3 Å². The molecule has 3 nitrogen and oxygen atoms in total. The fraction of sp³-hybridized carbons (Fsp3) is 0.600. The van der Waals surface area contributed by atoms with E-state index in [0.717, 1.165) is 55.0 Å². The van der Waals surface area contributed by atoms with Crippen molar-refractivity contribution in [3.63, 3.8) is 0 Å². The molecule has 0 aromatic heterocycles. The summed E-state index contributed by atoms with van der Waals surface area (Å²) in [5, 5.41) is 4.12. The molecule has 0 amide bonds. The summed E-state index contributed by atoms with van der Waals surface area (Å²) < 4.78 is 10.9. The lowest BCUT2D eigenvalue weighted by molar-refractivity contribution is 0.122. The van der Waals surface area contributed by atoms with Gasteiger partial charge in [0.2, 0.25) is 0 Å². The lowest BCUT2D eigenvalue weighted by Gasteiger charge is -2.11. The molecule has 2 rings (SSSR count). The quantitative estimate of drug-likeness (QED) is 0.706. The Morgan fingerprint density at radius 3 is 2.95 bits per heavy atom. The van der Waals surface area contributed by atoms with E-state index in [0.29, 0.717) is 0 Å². The van der Waals surface area contributed by atoms with Crippen LogP contribution >= 0.6 is 11.6 Å². The normalized spacial score (nSPS) is 14.6. The molecule has 0 spiro atoms. The van der Waals surface area contributed by atoms with Crippen molar-refractivity contribution < 1.29 is 9.47 Å². The number of benzene rings is 1. The monoisotopic (exact) mass is 283 g/mol. The molecule has 106 valence electrons. The molecule has 1 saturated carbocycles. The number of rotatable bonds is 9. The summed E-state index contributed by atoms with van der Waals surface area (Å²) in [5.41, 5.74) is 1.02. The van der Waals surface area contributed by atoms with Gasteiger partial charge in [0.25, 0.3) is 0 Å². The van der Waals surface area contributed by atoms with Crippen molar-refractivity contribution in [2.75, 3.05) is 26.9 Å². The van der Waals surface area contributed by atoms with Gasteiger partial charge in [0.15, 0.2) is 0 Å². The minimum atomic E-state index is 0.728. The maximum absolute atomic E-state index is 6.17. The smallest absolute Gasteiger partial charge is 0.124 e. The fourth-order valence-electron chi connectivity index (χ4n) is 1.95. The molecule has 0 heterocycles. The SMILES string of the molecule is COc1cccc(Cl)c1CNCCCOCC1CC1. The van der Waals surface area contributed by atoms with Gasteiger partial charge in [-0.25, -0.2) is 0 Å². The zero-order valence-electron chi connectivity index (χ0n) is 11.5. The molecule has 0 saturated heterocycles. The van der Waals surface area contributed by atoms with E-state index in [1.54, 1.807) is 7.11 Å². The van der Waals surface area contributed by atoms with Gasteiger partial charge in [-0.2, -0.15) is 0 Å². The van der Waals surface area contributed by atoms with Crippen molar-refractivity contribution in [2.24, 2.45) is 5.92 Å². The minimum Gasteiger partial charge on any atom is -0.496 e. The summed E-state index contributed by atoms with van der Waals surface area (Å²) in [4.78, 5) is 0. The molecular weight excluding hydrogens is 262 g/mol. The van der Waals surface area contributed by atoms with Crippen LogP contribution in [-0.4, -0.2) is 26.9 Å². The van der Waals surface area contributed by atoms with Gasteiger partial charge in [-0.3, -0.25) is 0 Å². The van der Waals surface area contributed by atoms with E-state index < -0.39 is 0 Å². The first-order valence-electron chi connectivity index (χ1n) is 6.91. The highest BCUT2D eigenvalue weighted by molar-refractivity contribution is 6.31. The molecule has 0 atom stereocenters. The molecule has 19 heavy (non-hydrogen) atoms. The summed E-state index contributed by atoms with van der Waals surface area (Å²) >= 11 is 6.17. The summed E-state index contributed by atoms with van der Waals surface area (Å²) in [6.07, 6.45) is 3.73. The second kappa shape index (κ2) is 7.73. The largest absolute Gasteiger partial charge is 0.496 e. The Morgan fingerprint density at radius 2 is 2.21 bits per heavy atom. The van der Waals surface area contributed by atoms with Crippen molar-refractivity contribution in [2.45, 2.75) is 25.8 Å². The average molecular weight is 284 g/mol. The Hall–Kier alpha value is -0.770. The number of halogens is 1. The maximum Gasteiger partial charge on any atom is 0.124 e. The van der Waals surface area contributed by atoms with Crippen molar-refractivity contribution in [3.05, 3.63) is 28.8 Å². The second-order valence-electron chi connectivity index (χ2n) is 4.97. The van der Waals surface area contributed by atoms with E-state index in [-0.39, 0.29) is 0 Å². The minimum absolute atomic E-state index is 0.728. The van der Waals surface area contributed by atoms with Crippen LogP contribution in [0.25, 0.3) is 0 Å². The van der Waals surface area contributed by atoms with Crippen LogP contribution < -0.4 is 10.1 Å². The molecule has 1 aromatic rings. The predicted molar refractivity (Wildman–Crippen MR) is 77.9 cm³/mol. The van der Waals surface area contributed by atoms with E-state index in [1.165, 1.54) is 12.8 Å². The molecular formula is C15H22ClNO2. The third kappa shape index (κ3) is 5.01. The van der Waals surface area contributed by atoms with Crippen LogP contribution in [0.2, 0.25) is 5.02 Å². The zero-order valence-corrected chi connectivity index (χ0v) is 12.2. The van der Waals surface area contributed by atoms with E-state index in [9.17, 15) is 0 Å². The highest BCUT2D eigenvalue weighted by atomic mass is 35.5. The third-order valence-corrected chi connectivity index (χ3v) is 3.64. The molecule has 1 N–H and O–H groups in total. The number of hydrogen-bond acceptors (Lipinski definition) is 3. The topological polar surface area (TPSA) is 30.5 Å². The predicted octanol–water partition coefficient (Wildman–Crippen LogP) is 3.25. The maximum atomic E-state index is 6.17. The first-order chi connectivity index (χ1) is 9.31. The molecule has 0 radical (unpaired) electrons. The van der Waals surface area contributed by atoms with Crippen LogP contribution in [0.5, 0.6) is 5.75 Å². The standard InChI is InChI=1S/C15H22ClNO2/c1-18-15-5-2-4-14(16)13(15)10-17-8-3-9-19-11-12-6-7-12/h2,4-5,12,17H,3,6-11H2,1H3. The number of methoxy groups -OCH3 is 1.